The normalized spacial score (nSPS) is 9.29. The van der Waals surface area contributed by atoms with E-state index in [0.717, 1.165) is 0 Å². The lowest BCUT2D eigenvalue weighted by Gasteiger charge is -1.99. The number of methoxy groups -OCH3 is 1. The van der Waals surface area contributed by atoms with Crippen LogP contribution in [-0.2, 0) is 4.74 Å². The van der Waals surface area contributed by atoms with Crippen molar-refractivity contribution < 1.29 is 14.3 Å². The van der Waals surface area contributed by atoms with Gasteiger partial charge in [-0.2, -0.15) is 0 Å². The second-order valence-electron chi connectivity index (χ2n) is 2.27. The highest BCUT2D eigenvalue weighted by Gasteiger charge is 2.10. The van der Waals surface area contributed by atoms with Crippen LogP contribution < -0.4 is 11.3 Å². The molecule has 0 atom stereocenters. The molecular weight excluding hydrogens is 188 g/mol. The van der Waals surface area contributed by atoms with Crippen molar-refractivity contribution in [1.82, 2.24) is 15.6 Å². The van der Waals surface area contributed by atoms with Gasteiger partial charge in [0.25, 0.3) is 5.91 Å². The Labute approximate surface area is 79.2 Å². The summed E-state index contributed by atoms with van der Waals surface area (Å²) >= 11 is 0. The summed E-state index contributed by atoms with van der Waals surface area (Å²) in [5.41, 5.74) is 1.94. The Hall–Kier alpha value is -2.02. The Morgan fingerprint density at radius 1 is 1.36 bits per heavy atom. The van der Waals surface area contributed by atoms with Gasteiger partial charge in [-0.25, -0.2) is 10.6 Å². The lowest BCUT2D eigenvalue weighted by Crippen LogP contribution is -2.31. The summed E-state index contributed by atoms with van der Waals surface area (Å²) in [5, 5.41) is 6.95. The average Bonchev–Trinajstić information content (AvgIpc) is 2.27. The van der Waals surface area contributed by atoms with E-state index in [-0.39, 0.29) is 11.4 Å². The van der Waals surface area contributed by atoms with Gasteiger partial charge >= 0.3 is 5.97 Å². The molecule has 0 spiro atoms. The van der Waals surface area contributed by atoms with Crippen molar-refractivity contribution in [2.45, 2.75) is 0 Å². The fourth-order valence-corrected chi connectivity index (χ4v) is 0.741. The maximum atomic E-state index is 10.9. The third kappa shape index (κ3) is 2.02. The number of nitrogens with one attached hydrogen (secondary N) is 1. The molecule has 0 aromatic carbocycles. The van der Waals surface area contributed by atoms with Crippen LogP contribution in [0.2, 0.25) is 0 Å². The van der Waals surface area contributed by atoms with Crippen LogP contribution in [0.15, 0.2) is 12.1 Å². The summed E-state index contributed by atoms with van der Waals surface area (Å²) in [6.45, 7) is 0. The van der Waals surface area contributed by atoms with Crippen LogP contribution in [0, 0.1) is 0 Å². The van der Waals surface area contributed by atoms with Gasteiger partial charge in [0, 0.05) is 0 Å². The van der Waals surface area contributed by atoms with Crippen molar-refractivity contribution in [3.8, 4) is 0 Å². The van der Waals surface area contributed by atoms with Crippen LogP contribution in [0.1, 0.15) is 21.0 Å². The number of amides is 1. The molecule has 7 heteroatoms. The maximum Gasteiger partial charge on any atom is 0.358 e. The number of nitrogens with two attached hydrogens (primary N) is 1. The topological polar surface area (TPSA) is 107 Å². The molecule has 0 saturated heterocycles. The van der Waals surface area contributed by atoms with Gasteiger partial charge in [-0.1, -0.05) is 0 Å². The summed E-state index contributed by atoms with van der Waals surface area (Å²) in [5.74, 6) is 3.68. The number of esters is 1. The van der Waals surface area contributed by atoms with Crippen molar-refractivity contribution in [2.24, 2.45) is 5.84 Å². The fourth-order valence-electron chi connectivity index (χ4n) is 0.741. The number of carbonyl (C=O) groups excluding carboxylic acids is 2. The lowest BCUT2D eigenvalue weighted by molar-refractivity contribution is 0.0592. The van der Waals surface area contributed by atoms with Gasteiger partial charge in [0.05, 0.1) is 7.11 Å². The van der Waals surface area contributed by atoms with E-state index in [2.05, 4.69) is 14.9 Å². The molecular formula is C7H8N4O3. The molecule has 0 aliphatic rings. The molecule has 3 N–H and O–H groups in total. The number of ether oxygens (including phenoxy) is 1. The van der Waals surface area contributed by atoms with Crippen LogP contribution >= 0.6 is 0 Å². The Bertz CT molecular complexity index is 313. The standard InChI is InChI=1S/C7H8N4O3/c1-14-7(13)5-3-2-4(10-11-5)6(12)9-8/h2-3H,8H2,1H3,(H,9,12). The highest BCUT2D eigenvalue weighted by molar-refractivity contribution is 5.92. The minimum Gasteiger partial charge on any atom is -0.464 e. The zero-order chi connectivity index (χ0) is 10.6. The largest absolute Gasteiger partial charge is 0.464 e. The van der Waals surface area contributed by atoms with Crippen LogP contribution in [0.4, 0.5) is 0 Å². The van der Waals surface area contributed by atoms with Gasteiger partial charge in [0.15, 0.2) is 11.4 Å². The molecule has 1 aromatic rings. The maximum absolute atomic E-state index is 10.9. The molecule has 1 aromatic heterocycles. The Kier molecular flexibility index (Phi) is 3.08. The number of carbonyl (C=O) groups is 2. The second-order valence-corrected chi connectivity index (χ2v) is 2.27. The predicted molar refractivity (Wildman–Crippen MR) is 45.0 cm³/mol. The molecule has 0 aliphatic heterocycles. The summed E-state index contributed by atoms with van der Waals surface area (Å²) < 4.78 is 4.40. The molecule has 74 valence electrons. The number of hydrogen-bond donors (Lipinski definition) is 2. The van der Waals surface area contributed by atoms with Crippen LogP contribution in [0.25, 0.3) is 0 Å². The molecule has 0 unspecified atom stereocenters. The van der Waals surface area contributed by atoms with E-state index in [1.165, 1.54) is 19.2 Å². The van der Waals surface area contributed by atoms with Crippen LogP contribution in [0.5, 0.6) is 0 Å². The van der Waals surface area contributed by atoms with Crippen molar-refractivity contribution in [2.75, 3.05) is 7.11 Å². The molecule has 0 bridgehead atoms. The fraction of sp³-hybridized carbons (Fsp3) is 0.143. The van der Waals surface area contributed by atoms with Gasteiger partial charge in [0.1, 0.15) is 0 Å². The third-order valence-electron chi connectivity index (χ3n) is 1.42. The minimum atomic E-state index is -0.614. The molecule has 0 fully saturated rings. The van der Waals surface area contributed by atoms with E-state index in [1.807, 2.05) is 5.43 Å². The zero-order valence-electron chi connectivity index (χ0n) is 7.35. The SMILES string of the molecule is COC(=O)c1ccc(C(=O)NN)nn1. The molecule has 1 rings (SSSR count). The van der Waals surface area contributed by atoms with Crippen molar-refractivity contribution >= 4 is 11.9 Å². The first-order valence-electron chi connectivity index (χ1n) is 3.62. The lowest BCUT2D eigenvalue weighted by atomic mass is 10.3. The first-order valence-corrected chi connectivity index (χ1v) is 3.62. The van der Waals surface area contributed by atoms with Gasteiger partial charge < -0.3 is 4.74 Å². The highest BCUT2D eigenvalue weighted by Crippen LogP contribution is 1.97. The molecule has 0 saturated carbocycles. The summed E-state index contributed by atoms with van der Waals surface area (Å²) in [4.78, 5) is 21.8. The van der Waals surface area contributed by atoms with E-state index in [9.17, 15) is 9.59 Å². The van der Waals surface area contributed by atoms with E-state index in [0.29, 0.717) is 0 Å². The number of rotatable bonds is 2. The van der Waals surface area contributed by atoms with E-state index in [1.54, 1.807) is 0 Å². The van der Waals surface area contributed by atoms with E-state index >= 15 is 0 Å². The van der Waals surface area contributed by atoms with Gasteiger partial charge in [-0.15, -0.1) is 10.2 Å². The number of aromatic nitrogens is 2. The zero-order valence-corrected chi connectivity index (χ0v) is 7.35. The summed E-state index contributed by atoms with van der Waals surface area (Å²) in [6, 6.07) is 2.64. The first kappa shape index (κ1) is 10.1. The predicted octanol–water partition coefficient (Wildman–Crippen LogP) is -1.13. The van der Waals surface area contributed by atoms with Gasteiger partial charge in [0.2, 0.25) is 0 Å². The van der Waals surface area contributed by atoms with Crippen LogP contribution in [-0.4, -0.2) is 29.2 Å². The Morgan fingerprint density at radius 3 is 2.36 bits per heavy atom. The van der Waals surface area contributed by atoms with E-state index < -0.39 is 11.9 Å². The van der Waals surface area contributed by atoms with Gasteiger partial charge in [-0.05, 0) is 12.1 Å². The molecule has 1 heterocycles. The smallest absolute Gasteiger partial charge is 0.358 e. The Morgan fingerprint density at radius 2 is 1.93 bits per heavy atom. The second kappa shape index (κ2) is 4.28. The van der Waals surface area contributed by atoms with Crippen LogP contribution in [0.3, 0.4) is 0 Å². The average molecular weight is 196 g/mol. The number of hydrazine groups is 1. The first-order chi connectivity index (χ1) is 6.69. The molecule has 0 radical (unpaired) electrons. The van der Waals surface area contributed by atoms with Crippen molar-refractivity contribution in [3.63, 3.8) is 0 Å². The van der Waals surface area contributed by atoms with Crippen molar-refractivity contribution in [3.05, 3.63) is 23.5 Å². The minimum absolute atomic E-state index is 0.0279. The number of hydrogen-bond acceptors (Lipinski definition) is 6. The molecule has 1 amide bonds. The number of nitrogen functional groups attached to an aromatic ring is 1. The van der Waals surface area contributed by atoms with Crippen molar-refractivity contribution in [1.29, 1.82) is 0 Å². The Balaban J connectivity index is 2.89. The van der Waals surface area contributed by atoms with Gasteiger partial charge in [-0.3, -0.25) is 10.2 Å². The summed E-state index contributed by atoms with van der Waals surface area (Å²) in [7, 11) is 1.23. The number of nitrogens with zero attached hydrogens (tertiary/aromatic N) is 2. The molecule has 7 nitrogen and oxygen atoms in total. The molecule has 0 aliphatic carbocycles. The highest BCUT2D eigenvalue weighted by atomic mass is 16.5. The summed E-state index contributed by atoms with van der Waals surface area (Å²) in [6.07, 6.45) is 0. The van der Waals surface area contributed by atoms with E-state index in [4.69, 9.17) is 5.84 Å². The quantitative estimate of drug-likeness (QED) is 0.268. The molecule has 14 heavy (non-hydrogen) atoms. The third-order valence-corrected chi connectivity index (χ3v) is 1.42. The monoisotopic (exact) mass is 196 g/mol.